The summed E-state index contributed by atoms with van der Waals surface area (Å²) in [7, 11) is 1.69. The molecule has 2 rings (SSSR count). The average Bonchev–Trinajstić information content (AvgIpc) is 2.35. The van der Waals surface area contributed by atoms with Crippen LogP contribution in [-0.4, -0.2) is 26.3 Å². The third kappa shape index (κ3) is 2.48. The molecule has 0 radical (unpaired) electrons. The molecular formula is C14H20ClNO2. The summed E-state index contributed by atoms with van der Waals surface area (Å²) < 4.78 is 11.5. The van der Waals surface area contributed by atoms with Crippen LogP contribution in [0.1, 0.15) is 29.7 Å². The first kappa shape index (κ1) is 13.7. The molecule has 1 aliphatic heterocycles. The van der Waals surface area contributed by atoms with Crippen LogP contribution < -0.4 is 10.1 Å². The van der Waals surface area contributed by atoms with Crippen molar-refractivity contribution in [2.24, 2.45) is 0 Å². The predicted octanol–water partition coefficient (Wildman–Crippen LogP) is 3.01. The van der Waals surface area contributed by atoms with Crippen LogP contribution in [0.4, 0.5) is 0 Å². The van der Waals surface area contributed by atoms with Gasteiger partial charge in [0.1, 0.15) is 5.75 Å². The van der Waals surface area contributed by atoms with Gasteiger partial charge < -0.3 is 14.8 Å². The second-order valence-corrected chi connectivity index (χ2v) is 5.22. The quantitative estimate of drug-likeness (QED) is 0.895. The van der Waals surface area contributed by atoms with Crippen LogP contribution in [0.15, 0.2) is 6.07 Å². The van der Waals surface area contributed by atoms with Crippen LogP contribution in [0.5, 0.6) is 5.75 Å². The maximum atomic E-state index is 6.34. The lowest BCUT2D eigenvalue weighted by molar-refractivity contribution is -0.0299. The Morgan fingerprint density at radius 2 is 2.11 bits per heavy atom. The summed E-state index contributed by atoms with van der Waals surface area (Å²) in [4.78, 5) is 0. The van der Waals surface area contributed by atoms with Crippen molar-refractivity contribution in [3.63, 3.8) is 0 Å². The van der Waals surface area contributed by atoms with Crippen LogP contribution in [0.3, 0.4) is 0 Å². The highest BCUT2D eigenvalue weighted by atomic mass is 35.5. The van der Waals surface area contributed by atoms with Gasteiger partial charge in [-0.1, -0.05) is 11.6 Å². The standard InChI is InChI=1S/C14H20ClNO2/c1-8-5-11(17-4)13(10(3)14(8)15)12-7-16-6-9(2)18-12/h5,9,12,16H,6-7H2,1-4H3. The van der Waals surface area contributed by atoms with Crippen molar-refractivity contribution in [1.82, 2.24) is 5.32 Å². The lowest BCUT2D eigenvalue weighted by Gasteiger charge is -2.31. The topological polar surface area (TPSA) is 30.5 Å². The minimum Gasteiger partial charge on any atom is -0.496 e. The van der Waals surface area contributed by atoms with Crippen molar-refractivity contribution in [1.29, 1.82) is 0 Å². The Hall–Kier alpha value is -0.770. The Morgan fingerprint density at radius 3 is 2.72 bits per heavy atom. The van der Waals surface area contributed by atoms with Crippen LogP contribution in [0.2, 0.25) is 5.02 Å². The fourth-order valence-corrected chi connectivity index (χ4v) is 2.63. The van der Waals surface area contributed by atoms with Crippen molar-refractivity contribution in [2.45, 2.75) is 33.0 Å². The molecule has 1 aromatic rings. The molecular weight excluding hydrogens is 250 g/mol. The van der Waals surface area contributed by atoms with E-state index in [1.165, 1.54) is 0 Å². The molecule has 100 valence electrons. The highest BCUT2D eigenvalue weighted by molar-refractivity contribution is 6.32. The largest absolute Gasteiger partial charge is 0.496 e. The van der Waals surface area contributed by atoms with Crippen LogP contribution in [0, 0.1) is 13.8 Å². The van der Waals surface area contributed by atoms with Crippen molar-refractivity contribution < 1.29 is 9.47 Å². The fraction of sp³-hybridized carbons (Fsp3) is 0.571. The number of hydrogen-bond donors (Lipinski definition) is 1. The molecule has 0 bridgehead atoms. The van der Waals surface area contributed by atoms with Crippen molar-refractivity contribution in [3.05, 3.63) is 27.8 Å². The van der Waals surface area contributed by atoms with Crippen LogP contribution in [-0.2, 0) is 4.74 Å². The summed E-state index contributed by atoms with van der Waals surface area (Å²) in [6, 6.07) is 1.98. The lowest BCUT2D eigenvalue weighted by atomic mass is 9.98. The van der Waals surface area contributed by atoms with E-state index in [9.17, 15) is 0 Å². The number of aryl methyl sites for hydroxylation is 1. The van der Waals surface area contributed by atoms with Gasteiger partial charge >= 0.3 is 0 Å². The summed E-state index contributed by atoms with van der Waals surface area (Å²) in [5.74, 6) is 0.857. The van der Waals surface area contributed by atoms with Gasteiger partial charge in [-0.25, -0.2) is 0 Å². The van der Waals surface area contributed by atoms with Crippen molar-refractivity contribution in [2.75, 3.05) is 20.2 Å². The van der Waals surface area contributed by atoms with Gasteiger partial charge in [-0.15, -0.1) is 0 Å². The summed E-state index contributed by atoms with van der Waals surface area (Å²) in [5.41, 5.74) is 3.15. The molecule has 2 unspecified atom stereocenters. The molecule has 2 atom stereocenters. The zero-order chi connectivity index (χ0) is 13.3. The van der Waals surface area contributed by atoms with Gasteiger partial charge in [-0.3, -0.25) is 0 Å². The van der Waals surface area contributed by atoms with E-state index in [0.717, 1.165) is 40.6 Å². The van der Waals surface area contributed by atoms with Gasteiger partial charge in [0.05, 0.1) is 19.3 Å². The van der Waals surface area contributed by atoms with Gasteiger partial charge in [0.2, 0.25) is 0 Å². The molecule has 0 saturated carbocycles. The molecule has 0 amide bonds. The van der Waals surface area contributed by atoms with E-state index >= 15 is 0 Å². The first-order chi connectivity index (χ1) is 8.54. The molecule has 1 N–H and O–H groups in total. The minimum absolute atomic E-state index is 0.00167. The molecule has 1 heterocycles. The van der Waals surface area contributed by atoms with Gasteiger partial charge in [0.15, 0.2) is 0 Å². The molecule has 18 heavy (non-hydrogen) atoms. The van der Waals surface area contributed by atoms with Crippen molar-refractivity contribution in [3.8, 4) is 5.75 Å². The van der Waals surface area contributed by atoms with E-state index in [1.54, 1.807) is 7.11 Å². The van der Waals surface area contributed by atoms with E-state index in [2.05, 4.69) is 12.2 Å². The van der Waals surface area contributed by atoms with Gasteiger partial charge in [-0.2, -0.15) is 0 Å². The number of rotatable bonds is 2. The predicted molar refractivity (Wildman–Crippen MR) is 73.6 cm³/mol. The maximum Gasteiger partial charge on any atom is 0.125 e. The zero-order valence-electron chi connectivity index (χ0n) is 11.3. The van der Waals surface area contributed by atoms with Gasteiger partial charge in [-0.05, 0) is 38.0 Å². The summed E-state index contributed by atoms with van der Waals surface area (Å²) in [6.07, 6.45) is 0.203. The third-order valence-electron chi connectivity index (χ3n) is 3.39. The molecule has 1 aliphatic rings. The van der Waals surface area contributed by atoms with E-state index in [1.807, 2.05) is 19.9 Å². The monoisotopic (exact) mass is 269 g/mol. The normalized spacial score (nSPS) is 24.1. The average molecular weight is 270 g/mol. The van der Waals surface area contributed by atoms with Gasteiger partial charge in [0.25, 0.3) is 0 Å². The molecule has 3 nitrogen and oxygen atoms in total. The van der Waals surface area contributed by atoms with E-state index in [-0.39, 0.29) is 12.2 Å². The van der Waals surface area contributed by atoms with E-state index < -0.39 is 0 Å². The first-order valence-electron chi connectivity index (χ1n) is 6.24. The van der Waals surface area contributed by atoms with Crippen LogP contribution >= 0.6 is 11.6 Å². The van der Waals surface area contributed by atoms with Crippen molar-refractivity contribution >= 4 is 11.6 Å². The molecule has 0 spiro atoms. The Kier molecular flexibility index (Phi) is 4.15. The minimum atomic E-state index is 0.00167. The third-order valence-corrected chi connectivity index (χ3v) is 3.97. The number of halogens is 1. The molecule has 1 saturated heterocycles. The Bertz CT molecular complexity index is 448. The second-order valence-electron chi connectivity index (χ2n) is 4.84. The summed E-state index contributed by atoms with van der Waals surface area (Å²) in [5, 5.41) is 4.17. The Balaban J connectivity index is 2.45. The number of ether oxygens (including phenoxy) is 2. The Morgan fingerprint density at radius 1 is 1.39 bits per heavy atom. The molecule has 1 aromatic carbocycles. The summed E-state index contributed by atoms with van der Waals surface area (Å²) in [6.45, 7) is 7.76. The number of morpholine rings is 1. The highest BCUT2D eigenvalue weighted by Crippen LogP contribution is 2.37. The Labute approximate surface area is 113 Å². The number of hydrogen-bond acceptors (Lipinski definition) is 3. The fourth-order valence-electron chi connectivity index (χ4n) is 2.47. The molecule has 4 heteroatoms. The van der Waals surface area contributed by atoms with Gasteiger partial charge in [0, 0.05) is 23.7 Å². The highest BCUT2D eigenvalue weighted by Gasteiger charge is 2.26. The number of nitrogens with one attached hydrogen (secondary N) is 1. The smallest absolute Gasteiger partial charge is 0.125 e. The molecule has 0 aromatic heterocycles. The SMILES string of the molecule is COc1cc(C)c(Cl)c(C)c1C1CNCC(C)O1. The summed E-state index contributed by atoms with van der Waals surface area (Å²) >= 11 is 6.34. The molecule has 0 aliphatic carbocycles. The number of benzene rings is 1. The van der Waals surface area contributed by atoms with E-state index in [0.29, 0.717) is 0 Å². The second kappa shape index (κ2) is 5.47. The lowest BCUT2D eigenvalue weighted by Crippen LogP contribution is -2.39. The zero-order valence-corrected chi connectivity index (χ0v) is 12.1. The maximum absolute atomic E-state index is 6.34. The van der Waals surface area contributed by atoms with E-state index in [4.69, 9.17) is 21.1 Å². The van der Waals surface area contributed by atoms with Crippen LogP contribution in [0.25, 0.3) is 0 Å². The first-order valence-corrected chi connectivity index (χ1v) is 6.62. The molecule has 1 fully saturated rings. The number of methoxy groups -OCH3 is 1.